The van der Waals surface area contributed by atoms with Crippen molar-refractivity contribution in [2.45, 2.75) is 13.3 Å². The van der Waals surface area contributed by atoms with Gasteiger partial charge in [-0.25, -0.2) is 9.59 Å². The lowest BCUT2D eigenvalue weighted by Gasteiger charge is -2.10. The molecule has 2 aromatic rings. The fourth-order valence-corrected chi connectivity index (χ4v) is 2.44. The van der Waals surface area contributed by atoms with Crippen LogP contribution in [0, 0.1) is 6.92 Å². The van der Waals surface area contributed by atoms with Gasteiger partial charge in [0.05, 0.1) is 31.8 Å². The predicted molar refractivity (Wildman–Crippen MR) is 104 cm³/mol. The Morgan fingerprint density at radius 2 is 1.41 bits per heavy atom. The Bertz CT molecular complexity index is 885. The summed E-state index contributed by atoms with van der Waals surface area (Å²) in [5, 5.41) is 2.48. The van der Waals surface area contributed by atoms with Gasteiger partial charge in [-0.1, -0.05) is 29.8 Å². The van der Waals surface area contributed by atoms with Gasteiger partial charge in [0.1, 0.15) is 0 Å². The molecule has 2 rings (SSSR count). The van der Waals surface area contributed by atoms with Crippen molar-refractivity contribution in [1.29, 1.82) is 0 Å². The topological polar surface area (TPSA) is 108 Å². The number of rotatable bonds is 7. The molecule has 0 unspecified atom stereocenters. The molecule has 0 spiro atoms. The molecule has 1 amide bonds. The highest BCUT2D eigenvalue weighted by molar-refractivity contribution is 6.00. The normalized spacial score (nSPS) is 10.0. The van der Waals surface area contributed by atoms with E-state index in [0.29, 0.717) is 0 Å². The van der Waals surface area contributed by atoms with Crippen LogP contribution in [0.15, 0.2) is 42.5 Å². The first-order valence-corrected chi connectivity index (χ1v) is 8.65. The highest BCUT2D eigenvalue weighted by atomic mass is 16.5. The maximum Gasteiger partial charge on any atom is 0.337 e. The van der Waals surface area contributed by atoms with Crippen molar-refractivity contribution in [3.63, 3.8) is 0 Å². The minimum atomic E-state index is -0.684. The fourth-order valence-electron chi connectivity index (χ4n) is 2.44. The Kier molecular flexibility index (Phi) is 7.47. The Balaban J connectivity index is 2.00. The van der Waals surface area contributed by atoms with Crippen LogP contribution in [0.1, 0.15) is 31.8 Å². The summed E-state index contributed by atoms with van der Waals surface area (Å²) in [6, 6.07) is 11.3. The van der Waals surface area contributed by atoms with Gasteiger partial charge >= 0.3 is 17.9 Å². The number of nitrogens with one attached hydrogen (secondary N) is 1. The molecule has 2 aromatic carbocycles. The van der Waals surface area contributed by atoms with Gasteiger partial charge in [0.2, 0.25) is 0 Å². The lowest BCUT2D eigenvalue weighted by Crippen LogP contribution is -2.22. The van der Waals surface area contributed by atoms with Crippen molar-refractivity contribution in [3.8, 4) is 0 Å². The van der Waals surface area contributed by atoms with Crippen LogP contribution >= 0.6 is 0 Å². The fraction of sp³-hybridized carbons (Fsp3) is 0.238. The van der Waals surface area contributed by atoms with Gasteiger partial charge in [-0.05, 0) is 30.7 Å². The molecule has 8 heteroatoms. The summed E-state index contributed by atoms with van der Waals surface area (Å²) in [7, 11) is 2.39. The van der Waals surface area contributed by atoms with E-state index in [2.05, 4.69) is 14.8 Å². The van der Waals surface area contributed by atoms with Gasteiger partial charge < -0.3 is 19.5 Å². The molecule has 0 saturated carbocycles. The van der Waals surface area contributed by atoms with Crippen LogP contribution in [0.5, 0.6) is 0 Å². The molecular weight excluding hydrogens is 378 g/mol. The van der Waals surface area contributed by atoms with Gasteiger partial charge in [0.25, 0.3) is 5.91 Å². The summed E-state index contributed by atoms with van der Waals surface area (Å²) < 4.78 is 14.2. The van der Waals surface area contributed by atoms with Gasteiger partial charge in [0, 0.05) is 5.69 Å². The van der Waals surface area contributed by atoms with E-state index >= 15 is 0 Å². The largest absolute Gasteiger partial charge is 0.465 e. The molecule has 152 valence electrons. The molecule has 0 aliphatic carbocycles. The van der Waals surface area contributed by atoms with Crippen LogP contribution in [0.4, 0.5) is 5.69 Å². The van der Waals surface area contributed by atoms with Crippen molar-refractivity contribution in [3.05, 3.63) is 64.7 Å². The number of anilines is 1. The van der Waals surface area contributed by atoms with E-state index in [9.17, 15) is 19.2 Å². The van der Waals surface area contributed by atoms with Crippen LogP contribution in [0.3, 0.4) is 0 Å². The number of carbonyl (C=O) groups is 4. The molecule has 0 aromatic heterocycles. The van der Waals surface area contributed by atoms with E-state index in [1.807, 2.05) is 31.2 Å². The third kappa shape index (κ3) is 6.46. The number of methoxy groups -OCH3 is 2. The molecule has 0 aliphatic heterocycles. The smallest absolute Gasteiger partial charge is 0.337 e. The number of hydrogen-bond donors (Lipinski definition) is 1. The van der Waals surface area contributed by atoms with Gasteiger partial charge in [-0.3, -0.25) is 9.59 Å². The third-order valence-electron chi connectivity index (χ3n) is 3.89. The molecule has 0 bridgehead atoms. The molecule has 0 fully saturated rings. The van der Waals surface area contributed by atoms with Crippen molar-refractivity contribution in [2.24, 2.45) is 0 Å². The number of ether oxygens (including phenoxy) is 3. The summed E-state index contributed by atoms with van der Waals surface area (Å²) in [4.78, 5) is 47.5. The van der Waals surface area contributed by atoms with Crippen LogP contribution in [-0.4, -0.2) is 44.6 Å². The van der Waals surface area contributed by atoms with Crippen LogP contribution < -0.4 is 5.32 Å². The summed E-state index contributed by atoms with van der Waals surface area (Å²) in [6.45, 7) is 1.42. The molecule has 0 atom stereocenters. The standard InChI is InChI=1S/C21H21NO7/c1-13-4-6-14(7-5-13)8-19(24)29-12-18(23)22-17-10-15(20(25)27-2)9-16(11-17)21(26)28-3/h4-7,9-11H,8,12H2,1-3H3,(H,22,23). The van der Waals surface area contributed by atoms with Crippen molar-refractivity contribution < 1.29 is 33.4 Å². The van der Waals surface area contributed by atoms with Crippen molar-refractivity contribution in [1.82, 2.24) is 0 Å². The number of hydrogen-bond acceptors (Lipinski definition) is 7. The molecule has 0 radical (unpaired) electrons. The van der Waals surface area contributed by atoms with Crippen LogP contribution in [0.25, 0.3) is 0 Å². The number of aryl methyl sites for hydroxylation is 1. The monoisotopic (exact) mass is 399 g/mol. The number of benzene rings is 2. The maximum atomic E-state index is 12.1. The van der Waals surface area contributed by atoms with Crippen LogP contribution in [-0.2, 0) is 30.2 Å². The minimum absolute atomic E-state index is 0.0396. The molecule has 0 saturated heterocycles. The van der Waals surface area contributed by atoms with Crippen molar-refractivity contribution in [2.75, 3.05) is 26.1 Å². The van der Waals surface area contributed by atoms with E-state index in [-0.39, 0.29) is 23.2 Å². The molecule has 0 heterocycles. The molecule has 29 heavy (non-hydrogen) atoms. The van der Waals surface area contributed by atoms with E-state index in [4.69, 9.17) is 4.74 Å². The summed E-state index contributed by atoms with van der Waals surface area (Å²) in [5.74, 6) is -2.55. The lowest BCUT2D eigenvalue weighted by atomic mass is 10.1. The minimum Gasteiger partial charge on any atom is -0.465 e. The average Bonchev–Trinajstić information content (AvgIpc) is 2.72. The second-order valence-electron chi connectivity index (χ2n) is 6.15. The second kappa shape index (κ2) is 10.0. The van der Waals surface area contributed by atoms with E-state index in [1.54, 1.807) is 0 Å². The SMILES string of the molecule is COC(=O)c1cc(NC(=O)COC(=O)Cc2ccc(C)cc2)cc(C(=O)OC)c1. The van der Waals surface area contributed by atoms with Crippen LogP contribution in [0.2, 0.25) is 0 Å². The quantitative estimate of drug-likeness (QED) is 0.562. The highest BCUT2D eigenvalue weighted by Crippen LogP contribution is 2.17. The average molecular weight is 399 g/mol. The Morgan fingerprint density at radius 1 is 0.862 bits per heavy atom. The van der Waals surface area contributed by atoms with Crippen molar-refractivity contribution >= 4 is 29.5 Å². The first-order valence-electron chi connectivity index (χ1n) is 8.65. The second-order valence-corrected chi connectivity index (χ2v) is 6.15. The number of esters is 3. The van der Waals surface area contributed by atoms with E-state index in [0.717, 1.165) is 11.1 Å². The zero-order valence-corrected chi connectivity index (χ0v) is 16.3. The molecular formula is C21H21NO7. The van der Waals surface area contributed by atoms with Gasteiger partial charge in [0.15, 0.2) is 6.61 Å². The molecule has 0 aliphatic rings. The van der Waals surface area contributed by atoms with Gasteiger partial charge in [-0.2, -0.15) is 0 Å². The lowest BCUT2D eigenvalue weighted by molar-refractivity contribution is -0.146. The zero-order valence-electron chi connectivity index (χ0n) is 16.3. The third-order valence-corrected chi connectivity index (χ3v) is 3.89. The Morgan fingerprint density at radius 3 is 1.93 bits per heavy atom. The maximum absolute atomic E-state index is 12.1. The van der Waals surface area contributed by atoms with E-state index < -0.39 is 30.4 Å². The Labute approximate surface area is 167 Å². The van der Waals surface area contributed by atoms with E-state index in [1.165, 1.54) is 32.4 Å². The first kappa shape index (κ1) is 21.6. The first-order chi connectivity index (χ1) is 13.8. The highest BCUT2D eigenvalue weighted by Gasteiger charge is 2.15. The van der Waals surface area contributed by atoms with Gasteiger partial charge in [-0.15, -0.1) is 0 Å². The Hall–Kier alpha value is -3.68. The summed E-state index contributed by atoms with van der Waals surface area (Å²) in [6.07, 6.45) is 0.0396. The summed E-state index contributed by atoms with van der Waals surface area (Å²) in [5.41, 5.74) is 2.12. The number of amides is 1. The number of carbonyl (C=O) groups excluding carboxylic acids is 4. The zero-order chi connectivity index (χ0) is 21.4. The molecule has 8 nitrogen and oxygen atoms in total. The summed E-state index contributed by atoms with van der Waals surface area (Å²) >= 11 is 0. The predicted octanol–water partition coefficient (Wildman–Crippen LogP) is 2.29. The molecule has 1 N–H and O–H groups in total.